The fourth-order valence-corrected chi connectivity index (χ4v) is 2.21. The molecule has 1 fully saturated rings. The summed E-state index contributed by atoms with van der Waals surface area (Å²) >= 11 is 0. The van der Waals surface area contributed by atoms with E-state index < -0.39 is 0 Å². The van der Waals surface area contributed by atoms with E-state index >= 15 is 0 Å². The smallest absolute Gasteiger partial charge is 0.270 e. The summed E-state index contributed by atoms with van der Waals surface area (Å²) in [5, 5.41) is 14.1. The summed E-state index contributed by atoms with van der Waals surface area (Å²) in [7, 11) is 0. The van der Waals surface area contributed by atoms with E-state index in [4.69, 9.17) is 4.74 Å². The van der Waals surface area contributed by atoms with Crippen LogP contribution < -0.4 is 10.1 Å². The topological polar surface area (TPSA) is 67.6 Å². The van der Waals surface area contributed by atoms with Gasteiger partial charge in [-0.15, -0.1) is 12.4 Å². The van der Waals surface area contributed by atoms with Crippen molar-refractivity contribution in [3.8, 4) is 5.75 Å². The Bertz CT molecular complexity index is 450. The zero-order chi connectivity index (χ0) is 13.7. The first-order valence-corrected chi connectivity index (χ1v) is 6.54. The molecular formula is C13H20ClN3O3. The van der Waals surface area contributed by atoms with Crippen molar-refractivity contribution < 1.29 is 9.66 Å². The van der Waals surface area contributed by atoms with E-state index in [2.05, 4.69) is 10.2 Å². The van der Waals surface area contributed by atoms with Crippen LogP contribution >= 0.6 is 12.4 Å². The quantitative estimate of drug-likeness (QED) is 0.664. The van der Waals surface area contributed by atoms with E-state index in [0.29, 0.717) is 13.2 Å². The molecule has 0 atom stereocenters. The zero-order valence-electron chi connectivity index (χ0n) is 11.5. The Balaban J connectivity index is 0.00000200. The normalized spacial score (nSPS) is 15.4. The van der Waals surface area contributed by atoms with Gasteiger partial charge in [0.05, 0.1) is 11.5 Å². The first kappa shape index (κ1) is 16.7. The molecule has 0 aromatic heterocycles. The Kier molecular flexibility index (Phi) is 6.70. The molecule has 0 bridgehead atoms. The molecule has 112 valence electrons. The Morgan fingerprint density at radius 3 is 2.70 bits per heavy atom. The highest BCUT2D eigenvalue weighted by Gasteiger charge is 2.16. The van der Waals surface area contributed by atoms with Crippen molar-refractivity contribution in [3.63, 3.8) is 0 Å². The molecule has 1 aliphatic rings. The zero-order valence-corrected chi connectivity index (χ0v) is 12.3. The van der Waals surface area contributed by atoms with Gasteiger partial charge in [0.15, 0.2) is 0 Å². The number of nitrogens with zero attached hydrogens (tertiary/aromatic N) is 2. The molecule has 0 radical (unpaired) electrons. The van der Waals surface area contributed by atoms with Crippen LogP contribution in [0, 0.1) is 10.1 Å². The number of rotatable bonds is 5. The molecule has 0 aliphatic carbocycles. The summed E-state index contributed by atoms with van der Waals surface area (Å²) in [6.45, 7) is 6.99. The van der Waals surface area contributed by atoms with Crippen molar-refractivity contribution in [2.24, 2.45) is 0 Å². The van der Waals surface area contributed by atoms with Crippen LogP contribution in [0.1, 0.15) is 12.5 Å². The fourth-order valence-electron chi connectivity index (χ4n) is 2.21. The number of hydrogen-bond donors (Lipinski definition) is 1. The Morgan fingerprint density at radius 1 is 1.40 bits per heavy atom. The molecule has 0 amide bonds. The molecule has 1 aromatic carbocycles. The van der Waals surface area contributed by atoms with Crippen molar-refractivity contribution in [1.82, 2.24) is 10.2 Å². The number of halogens is 1. The number of hydrogen-bond acceptors (Lipinski definition) is 5. The van der Waals surface area contributed by atoms with Crippen LogP contribution in [0.15, 0.2) is 18.2 Å². The van der Waals surface area contributed by atoms with Crippen LogP contribution in [0.3, 0.4) is 0 Å². The summed E-state index contributed by atoms with van der Waals surface area (Å²) in [6, 6.07) is 4.80. The lowest BCUT2D eigenvalue weighted by Crippen LogP contribution is -2.42. The molecule has 1 saturated heterocycles. The number of non-ortho nitro benzene ring substituents is 1. The summed E-state index contributed by atoms with van der Waals surface area (Å²) < 4.78 is 5.55. The van der Waals surface area contributed by atoms with Crippen LogP contribution in [-0.4, -0.2) is 42.6 Å². The average molecular weight is 302 g/mol. The monoisotopic (exact) mass is 301 g/mol. The van der Waals surface area contributed by atoms with Crippen LogP contribution in [0.2, 0.25) is 0 Å². The van der Waals surface area contributed by atoms with Gasteiger partial charge in [0.25, 0.3) is 5.69 Å². The van der Waals surface area contributed by atoms with E-state index in [1.54, 1.807) is 12.1 Å². The van der Waals surface area contributed by atoms with Gasteiger partial charge in [0.2, 0.25) is 0 Å². The minimum atomic E-state index is -0.364. The molecular weight excluding hydrogens is 282 g/mol. The van der Waals surface area contributed by atoms with Gasteiger partial charge in [-0.05, 0) is 13.0 Å². The highest BCUT2D eigenvalue weighted by Crippen LogP contribution is 2.25. The van der Waals surface area contributed by atoms with Gasteiger partial charge in [-0.25, -0.2) is 0 Å². The minimum absolute atomic E-state index is 0. The molecule has 6 nitrogen and oxygen atoms in total. The largest absolute Gasteiger partial charge is 0.494 e. The lowest BCUT2D eigenvalue weighted by atomic mass is 10.1. The minimum Gasteiger partial charge on any atom is -0.494 e. The number of nitro benzene ring substituents is 1. The number of ether oxygens (including phenoxy) is 1. The number of benzene rings is 1. The predicted octanol–water partition coefficient (Wildman–Crippen LogP) is 1.82. The second kappa shape index (κ2) is 8.04. The molecule has 20 heavy (non-hydrogen) atoms. The maximum atomic E-state index is 10.9. The number of nitrogens with one attached hydrogen (secondary N) is 1. The predicted molar refractivity (Wildman–Crippen MR) is 79.7 cm³/mol. The van der Waals surface area contributed by atoms with Crippen molar-refractivity contribution in [2.45, 2.75) is 13.5 Å². The molecule has 0 saturated carbocycles. The molecule has 2 rings (SSSR count). The van der Waals surface area contributed by atoms with Gasteiger partial charge >= 0.3 is 0 Å². The molecule has 1 heterocycles. The Labute approximate surface area is 124 Å². The third-order valence-electron chi connectivity index (χ3n) is 3.16. The van der Waals surface area contributed by atoms with E-state index in [0.717, 1.165) is 37.5 Å². The van der Waals surface area contributed by atoms with E-state index in [-0.39, 0.29) is 23.0 Å². The molecule has 0 spiro atoms. The first-order valence-electron chi connectivity index (χ1n) is 6.54. The second-order valence-electron chi connectivity index (χ2n) is 4.51. The van der Waals surface area contributed by atoms with Crippen molar-refractivity contribution in [3.05, 3.63) is 33.9 Å². The van der Waals surface area contributed by atoms with Gasteiger partial charge in [-0.2, -0.15) is 0 Å². The molecule has 0 unspecified atom stereocenters. The SMILES string of the molecule is CCOc1ccc([N+](=O)[O-])cc1CN1CCNCC1.Cl. The van der Waals surface area contributed by atoms with Gasteiger partial charge in [-0.1, -0.05) is 0 Å². The average Bonchev–Trinajstić information content (AvgIpc) is 2.42. The van der Waals surface area contributed by atoms with E-state index in [9.17, 15) is 10.1 Å². The van der Waals surface area contributed by atoms with Gasteiger partial charge < -0.3 is 10.1 Å². The summed E-state index contributed by atoms with van der Waals surface area (Å²) in [5.74, 6) is 0.742. The standard InChI is InChI=1S/C13H19N3O3.ClH/c1-2-19-13-4-3-12(16(17)18)9-11(13)10-15-7-5-14-6-8-15;/h3-4,9,14H,2,5-8,10H2,1H3;1H. The summed E-state index contributed by atoms with van der Waals surface area (Å²) in [5.41, 5.74) is 1.01. The molecule has 7 heteroatoms. The summed E-state index contributed by atoms with van der Waals surface area (Å²) in [4.78, 5) is 12.8. The lowest BCUT2D eigenvalue weighted by molar-refractivity contribution is -0.385. The third kappa shape index (κ3) is 4.33. The first-order chi connectivity index (χ1) is 9.20. The summed E-state index contributed by atoms with van der Waals surface area (Å²) in [6.07, 6.45) is 0. The van der Waals surface area contributed by atoms with Gasteiger partial charge in [-0.3, -0.25) is 15.0 Å². The van der Waals surface area contributed by atoms with Crippen molar-refractivity contribution in [1.29, 1.82) is 0 Å². The number of piperazine rings is 1. The van der Waals surface area contributed by atoms with Crippen LogP contribution in [0.5, 0.6) is 5.75 Å². The fraction of sp³-hybridized carbons (Fsp3) is 0.538. The van der Waals surface area contributed by atoms with E-state index in [1.807, 2.05) is 6.92 Å². The van der Waals surface area contributed by atoms with Crippen LogP contribution in [0.25, 0.3) is 0 Å². The highest BCUT2D eigenvalue weighted by molar-refractivity contribution is 5.85. The maximum absolute atomic E-state index is 10.9. The third-order valence-corrected chi connectivity index (χ3v) is 3.16. The van der Waals surface area contributed by atoms with Gasteiger partial charge in [0, 0.05) is 50.4 Å². The van der Waals surface area contributed by atoms with Crippen LogP contribution in [-0.2, 0) is 6.54 Å². The lowest BCUT2D eigenvalue weighted by Gasteiger charge is -2.27. The molecule has 1 aliphatic heterocycles. The Morgan fingerprint density at radius 2 is 2.10 bits per heavy atom. The van der Waals surface area contributed by atoms with Crippen LogP contribution in [0.4, 0.5) is 5.69 Å². The maximum Gasteiger partial charge on any atom is 0.270 e. The Hall–Kier alpha value is -1.37. The van der Waals surface area contributed by atoms with Crippen molar-refractivity contribution >= 4 is 18.1 Å². The molecule has 1 aromatic rings. The van der Waals surface area contributed by atoms with Crippen molar-refractivity contribution in [2.75, 3.05) is 32.8 Å². The molecule has 1 N–H and O–H groups in total. The number of nitro groups is 1. The van der Waals surface area contributed by atoms with E-state index in [1.165, 1.54) is 6.07 Å². The van der Waals surface area contributed by atoms with Gasteiger partial charge in [0.1, 0.15) is 5.75 Å². The second-order valence-corrected chi connectivity index (χ2v) is 4.51. The highest BCUT2D eigenvalue weighted by atomic mass is 35.5.